The van der Waals surface area contributed by atoms with Gasteiger partial charge in [-0.2, -0.15) is 0 Å². The lowest BCUT2D eigenvalue weighted by atomic mass is 9.87. The molecule has 0 radical (unpaired) electrons. The minimum atomic E-state index is -0.342. The predicted octanol–water partition coefficient (Wildman–Crippen LogP) is 3.59. The van der Waals surface area contributed by atoms with Crippen LogP contribution in [0.4, 0.5) is 5.13 Å². The average Bonchev–Trinajstić information content (AvgIpc) is 3.40. The Kier molecular flexibility index (Phi) is 6.25. The summed E-state index contributed by atoms with van der Waals surface area (Å²) in [6, 6.07) is 6.02. The summed E-state index contributed by atoms with van der Waals surface area (Å²) in [6.45, 7) is 5.43. The highest BCUT2D eigenvalue weighted by Crippen LogP contribution is 2.42. The summed E-state index contributed by atoms with van der Waals surface area (Å²) < 4.78 is 12.1. The summed E-state index contributed by atoms with van der Waals surface area (Å²) in [5.74, 6) is 1.84. The highest BCUT2D eigenvalue weighted by atomic mass is 32.2. The number of anilines is 1. The molecule has 154 valence electrons. The fourth-order valence-corrected chi connectivity index (χ4v) is 5.29. The molecular weight excluding hydrogens is 408 g/mol. The van der Waals surface area contributed by atoms with Crippen LogP contribution in [0, 0.1) is 0 Å². The van der Waals surface area contributed by atoms with E-state index in [1.807, 2.05) is 12.1 Å². The maximum Gasteiger partial charge on any atom is 0.231 e. The third kappa shape index (κ3) is 4.67. The van der Waals surface area contributed by atoms with E-state index in [9.17, 15) is 4.79 Å². The van der Waals surface area contributed by atoms with Gasteiger partial charge < -0.3 is 20.1 Å². The lowest BCUT2D eigenvalue weighted by Gasteiger charge is -2.32. The molecule has 1 aromatic carbocycles. The van der Waals surface area contributed by atoms with Crippen LogP contribution >= 0.6 is 23.1 Å². The standard InChI is InChI=1S/C20H24N4O3S2/c1-2-9-21-18-23-24-19(29-18)28-13-17(25)22-20(7-3-4-8-20)14-5-6-15-16(12-14)27-11-10-26-15/h2,5-6,12H,1,3-4,7-11,13H2,(H,21,23)(H,22,25). The summed E-state index contributed by atoms with van der Waals surface area (Å²) in [5, 5.41) is 15.3. The summed E-state index contributed by atoms with van der Waals surface area (Å²) >= 11 is 2.85. The number of fused-ring (bicyclic) bond motifs is 1. The van der Waals surface area contributed by atoms with Crippen LogP contribution in [0.1, 0.15) is 31.2 Å². The molecule has 2 heterocycles. The van der Waals surface area contributed by atoms with Gasteiger partial charge in [-0.25, -0.2) is 0 Å². The summed E-state index contributed by atoms with van der Waals surface area (Å²) in [4.78, 5) is 12.8. The first-order chi connectivity index (χ1) is 14.2. The number of amides is 1. The summed E-state index contributed by atoms with van der Waals surface area (Å²) in [7, 11) is 0. The summed E-state index contributed by atoms with van der Waals surface area (Å²) in [5.41, 5.74) is 0.745. The van der Waals surface area contributed by atoms with Gasteiger partial charge in [-0.3, -0.25) is 4.79 Å². The van der Waals surface area contributed by atoms with Crippen LogP contribution in [-0.2, 0) is 10.3 Å². The molecule has 9 heteroatoms. The largest absolute Gasteiger partial charge is 0.486 e. The van der Waals surface area contributed by atoms with Crippen molar-refractivity contribution in [3.05, 3.63) is 36.4 Å². The van der Waals surface area contributed by atoms with Gasteiger partial charge in [0.2, 0.25) is 11.0 Å². The molecule has 1 aliphatic heterocycles. The van der Waals surface area contributed by atoms with Crippen molar-refractivity contribution in [2.75, 3.05) is 30.8 Å². The molecule has 1 aromatic heterocycles. The zero-order valence-electron chi connectivity index (χ0n) is 16.1. The molecule has 0 unspecified atom stereocenters. The van der Waals surface area contributed by atoms with Crippen molar-refractivity contribution in [3.63, 3.8) is 0 Å². The van der Waals surface area contributed by atoms with Crippen molar-refractivity contribution in [2.45, 2.75) is 35.6 Å². The first-order valence-electron chi connectivity index (χ1n) is 9.71. The Bertz CT molecular complexity index is 880. The zero-order chi connectivity index (χ0) is 20.1. The molecule has 0 spiro atoms. The van der Waals surface area contributed by atoms with Crippen LogP contribution in [0.5, 0.6) is 11.5 Å². The molecule has 1 amide bonds. The fourth-order valence-electron chi connectivity index (χ4n) is 3.73. The van der Waals surface area contributed by atoms with Crippen molar-refractivity contribution < 1.29 is 14.3 Å². The molecule has 0 saturated heterocycles. The SMILES string of the molecule is C=CCNc1nnc(SCC(=O)NC2(c3ccc4c(c3)OCCO4)CCCC2)s1. The van der Waals surface area contributed by atoms with Crippen molar-refractivity contribution in [1.82, 2.24) is 15.5 Å². The van der Waals surface area contributed by atoms with E-state index >= 15 is 0 Å². The van der Waals surface area contributed by atoms with Gasteiger partial charge in [-0.1, -0.05) is 48.1 Å². The molecular formula is C20H24N4O3S2. The molecule has 1 saturated carbocycles. The molecule has 0 bridgehead atoms. The van der Waals surface area contributed by atoms with Gasteiger partial charge in [0.15, 0.2) is 15.8 Å². The van der Waals surface area contributed by atoms with E-state index in [1.165, 1.54) is 23.1 Å². The van der Waals surface area contributed by atoms with E-state index in [-0.39, 0.29) is 11.4 Å². The Labute approximate surface area is 178 Å². The third-order valence-electron chi connectivity index (χ3n) is 5.06. The smallest absolute Gasteiger partial charge is 0.231 e. The number of ether oxygens (including phenoxy) is 2. The molecule has 1 aliphatic carbocycles. The second-order valence-electron chi connectivity index (χ2n) is 7.03. The average molecular weight is 433 g/mol. The Morgan fingerprint density at radius 3 is 2.83 bits per heavy atom. The Morgan fingerprint density at radius 1 is 1.24 bits per heavy atom. The van der Waals surface area contributed by atoms with Crippen molar-refractivity contribution in [2.24, 2.45) is 0 Å². The maximum absolute atomic E-state index is 12.8. The number of carbonyl (C=O) groups excluding carboxylic acids is 1. The van der Waals surface area contributed by atoms with E-state index in [0.29, 0.717) is 25.5 Å². The molecule has 0 atom stereocenters. The number of benzene rings is 1. The second-order valence-corrected chi connectivity index (χ2v) is 9.23. The van der Waals surface area contributed by atoms with Crippen molar-refractivity contribution in [3.8, 4) is 11.5 Å². The first-order valence-corrected chi connectivity index (χ1v) is 11.5. The minimum absolute atomic E-state index is 0.00240. The van der Waals surface area contributed by atoms with E-state index < -0.39 is 0 Å². The number of hydrogen-bond acceptors (Lipinski definition) is 8. The fraction of sp³-hybridized carbons (Fsp3) is 0.450. The highest BCUT2D eigenvalue weighted by Gasteiger charge is 2.37. The number of rotatable bonds is 8. The molecule has 2 aliphatic rings. The van der Waals surface area contributed by atoms with Gasteiger partial charge in [-0.15, -0.1) is 16.8 Å². The van der Waals surface area contributed by atoms with E-state index in [1.54, 1.807) is 6.08 Å². The number of carbonyl (C=O) groups is 1. The Balaban J connectivity index is 1.41. The Hall–Kier alpha value is -2.26. The van der Waals surface area contributed by atoms with E-state index in [0.717, 1.165) is 52.2 Å². The van der Waals surface area contributed by atoms with Crippen LogP contribution in [0.15, 0.2) is 35.2 Å². The molecule has 2 N–H and O–H groups in total. The molecule has 2 aromatic rings. The lowest BCUT2D eigenvalue weighted by molar-refractivity contribution is -0.120. The number of thioether (sulfide) groups is 1. The van der Waals surface area contributed by atoms with Crippen LogP contribution in [0.25, 0.3) is 0 Å². The second kappa shape index (κ2) is 9.04. The van der Waals surface area contributed by atoms with Crippen molar-refractivity contribution >= 4 is 34.1 Å². The van der Waals surface area contributed by atoms with Gasteiger partial charge in [0.1, 0.15) is 13.2 Å². The number of nitrogens with zero attached hydrogens (tertiary/aromatic N) is 2. The monoisotopic (exact) mass is 432 g/mol. The molecule has 7 nitrogen and oxygen atoms in total. The van der Waals surface area contributed by atoms with E-state index in [2.05, 4.69) is 33.5 Å². The number of nitrogens with one attached hydrogen (secondary N) is 2. The maximum atomic E-state index is 12.8. The van der Waals surface area contributed by atoms with Gasteiger partial charge in [0.25, 0.3) is 0 Å². The zero-order valence-corrected chi connectivity index (χ0v) is 17.7. The molecule has 4 rings (SSSR count). The van der Waals surface area contributed by atoms with Gasteiger partial charge in [0.05, 0.1) is 11.3 Å². The molecule has 29 heavy (non-hydrogen) atoms. The minimum Gasteiger partial charge on any atom is -0.486 e. The van der Waals surface area contributed by atoms with Gasteiger partial charge in [-0.05, 0) is 30.5 Å². The van der Waals surface area contributed by atoms with Gasteiger partial charge in [0, 0.05) is 6.54 Å². The topological polar surface area (TPSA) is 85.4 Å². The normalized spacial score (nSPS) is 17.0. The van der Waals surface area contributed by atoms with Crippen LogP contribution in [0.3, 0.4) is 0 Å². The predicted molar refractivity (Wildman–Crippen MR) is 115 cm³/mol. The Morgan fingerprint density at radius 2 is 2.03 bits per heavy atom. The lowest BCUT2D eigenvalue weighted by Crippen LogP contribution is -2.44. The summed E-state index contributed by atoms with van der Waals surface area (Å²) in [6.07, 6.45) is 5.81. The van der Waals surface area contributed by atoms with Crippen LogP contribution < -0.4 is 20.1 Å². The van der Waals surface area contributed by atoms with Crippen LogP contribution in [-0.4, -0.2) is 41.6 Å². The van der Waals surface area contributed by atoms with Crippen molar-refractivity contribution in [1.29, 1.82) is 0 Å². The van der Waals surface area contributed by atoms with Gasteiger partial charge >= 0.3 is 0 Å². The number of aromatic nitrogens is 2. The number of hydrogen-bond donors (Lipinski definition) is 2. The highest BCUT2D eigenvalue weighted by molar-refractivity contribution is 8.01. The van der Waals surface area contributed by atoms with Crippen LogP contribution in [0.2, 0.25) is 0 Å². The van der Waals surface area contributed by atoms with E-state index in [4.69, 9.17) is 9.47 Å². The quantitative estimate of drug-likeness (QED) is 0.487. The third-order valence-corrected chi connectivity index (χ3v) is 7.08. The molecule has 1 fully saturated rings. The first kappa shape index (κ1) is 20.0.